The van der Waals surface area contributed by atoms with Gasteiger partial charge >= 0.3 is 5.97 Å². The number of carboxylic acid groups (broad SMARTS) is 1. The number of amides is 6. The van der Waals surface area contributed by atoms with E-state index in [9.17, 15) is 43.8 Å². The van der Waals surface area contributed by atoms with Crippen molar-refractivity contribution in [1.82, 2.24) is 36.5 Å². The molecule has 18 heteroatoms. The van der Waals surface area contributed by atoms with Gasteiger partial charge in [-0.3, -0.25) is 28.8 Å². The number of nitrogens with zero attached hydrogens (tertiary/aromatic N) is 1. The molecule has 2 heterocycles. The molecule has 0 radical (unpaired) electrons. The van der Waals surface area contributed by atoms with Crippen LogP contribution < -0.4 is 38.1 Å². The van der Waals surface area contributed by atoms with Gasteiger partial charge in [-0.05, 0) is 87.8 Å². The van der Waals surface area contributed by atoms with Gasteiger partial charge in [0.15, 0.2) is 0 Å². The van der Waals surface area contributed by atoms with Crippen LogP contribution in [0.25, 0.3) is 10.9 Å². The van der Waals surface area contributed by atoms with Crippen LogP contribution in [-0.2, 0) is 40.0 Å². The van der Waals surface area contributed by atoms with Gasteiger partial charge in [0.1, 0.15) is 42.3 Å². The first-order valence-electron chi connectivity index (χ1n) is 21.5. The molecule has 1 saturated heterocycles. The van der Waals surface area contributed by atoms with Crippen molar-refractivity contribution < 1.29 is 43.8 Å². The van der Waals surface area contributed by atoms with Crippen molar-refractivity contribution in [2.24, 2.45) is 29.2 Å². The van der Waals surface area contributed by atoms with Crippen molar-refractivity contribution in [1.29, 1.82) is 0 Å². The molecule has 1 aromatic carbocycles. The van der Waals surface area contributed by atoms with Gasteiger partial charge in [-0.2, -0.15) is 0 Å². The topological polar surface area (TPSA) is 291 Å². The fourth-order valence-electron chi connectivity index (χ4n) is 7.46. The Bertz CT molecular complexity index is 1810. The highest BCUT2D eigenvalue weighted by Gasteiger charge is 2.40. The van der Waals surface area contributed by atoms with E-state index in [1.807, 2.05) is 52.0 Å². The zero-order chi connectivity index (χ0) is 45.6. The van der Waals surface area contributed by atoms with Crippen molar-refractivity contribution in [3.05, 3.63) is 36.0 Å². The van der Waals surface area contributed by atoms with Gasteiger partial charge in [-0.25, -0.2) is 4.79 Å². The van der Waals surface area contributed by atoms with Gasteiger partial charge < -0.3 is 58.1 Å². The number of carboxylic acids is 1. The smallest absolute Gasteiger partial charge is 0.326 e. The molecular formula is C43H69N9O9. The molecule has 61 heavy (non-hydrogen) atoms. The van der Waals surface area contributed by atoms with E-state index < -0.39 is 95.7 Å². The standard InChI is InChI=1S/C43H69N9O9/c1-23(2)19-31(48-37(54)30(15-10-11-17-44)47-40(57)35(45)26(7)53)38(55)49-32(20-24(3)4)39(56)51-36(25(5)6)41(58)50-33(42(59)52-18-12-16-34(52)43(60)61)21-27-22-46-29-14-9-8-13-28(27)29/h8-9,13-14,22-26,30-36,46,53H,10-12,15-21,44-45H2,1-7H3,(H,47,57)(H,48,54)(H,49,55)(H,50,58)(H,51,56)(H,60,61)/t26-,30+,31+,32+,33+,34+,35+,36+/m1/s1. The first-order valence-corrected chi connectivity index (χ1v) is 21.5. The predicted octanol–water partition coefficient (Wildman–Crippen LogP) is 0.795. The molecule has 0 saturated carbocycles. The molecule has 1 aliphatic heterocycles. The highest BCUT2D eigenvalue weighted by atomic mass is 16.4. The number of carbonyl (C=O) groups is 7. The molecule has 340 valence electrons. The molecule has 0 spiro atoms. The molecule has 12 N–H and O–H groups in total. The number of aliphatic hydroxyl groups excluding tert-OH is 1. The van der Waals surface area contributed by atoms with E-state index in [4.69, 9.17) is 11.5 Å². The lowest BCUT2D eigenvalue weighted by Gasteiger charge is -2.31. The second-order valence-electron chi connectivity index (χ2n) is 17.4. The van der Waals surface area contributed by atoms with Crippen LogP contribution in [-0.4, -0.2) is 123 Å². The second-order valence-corrected chi connectivity index (χ2v) is 17.4. The number of rotatable bonds is 24. The number of H-pyrrole nitrogens is 1. The van der Waals surface area contributed by atoms with Crippen molar-refractivity contribution in [2.45, 2.75) is 148 Å². The van der Waals surface area contributed by atoms with Crippen LogP contribution in [0, 0.1) is 17.8 Å². The summed E-state index contributed by atoms with van der Waals surface area (Å²) in [5.74, 6) is -5.69. The van der Waals surface area contributed by atoms with E-state index in [2.05, 4.69) is 31.6 Å². The number of nitrogens with one attached hydrogen (secondary N) is 6. The van der Waals surface area contributed by atoms with E-state index in [0.29, 0.717) is 25.8 Å². The Morgan fingerprint density at radius 3 is 1.89 bits per heavy atom. The maximum absolute atomic E-state index is 14.2. The van der Waals surface area contributed by atoms with Gasteiger partial charge in [-0.15, -0.1) is 0 Å². The van der Waals surface area contributed by atoms with E-state index in [1.165, 1.54) is 11.8 Å². The van der Waals surface area contributed by atoms with Crippen LogP contribution in [0.4, 0.5) is 0 Å². The van der Waals surface area contributed by atoms with Crippen LogP contribution in [0.5, 0.6) is 0 Å². The molecule has 0 bridgehead atoms. The van der Waals surface area contributed by atoms with Crippen molar-refractivity contribution in [2.75, 3.05) is 13.1 Å². The van der Waals surface area contributed by atoms with Crippen molar-refractivity contribution in [3.8, 4) is 0 Å². The summed E-state index contributed by atoms with van der Waals surface area (Å²) in [6.07, 6.45) is 3.03. The number of aromatic nitrogens is 1. The average molecular weight is 856 g/mol. The number of aliphatic carboxylic acids is 1. The highest BCUT2D eigenvalue weighted by Crippen LogP contribution is 2.23. The number of hydrogen-bond donors (Lipinski definition) is 10. The van der Waals surface area contributed by atoms with Crippen LogP contribution in [0.1, 0.15) is 99.0 Å². The quantitative estimate of drug-likeness (QED) is 0.0659. The molecule has 2 aromatic rings. The number of nitrogens with two attached hydrogens (primary N) is 2. The Balaban J connectivity index is 1.85. The normalized spacial score (nSPS) is 17.6. The molecule has 0 unspecified atom stereocenters. The summed E-state index contributed by atoms with van der Waals surface area (Å²) in [6.45, 7) is 12.8. The average Bonchev–Trinajstić information content (AvgIpc) is 3.85. The summed E-state index contributed by atoms with van der Waals surface area (Å²) in [5.41, 5.74) is 13.0. The lowest BCUT2D eigenvalue weighted by Crippen LogP contribution is -2.61. The monoisotopic (exact) mass is 856 g/mol. The van der Waals surface area contributed by atoms with Crippen LogP contribution in [0.3, 0.4) is 0 Å². The number of likely N-dealkylation sites (tertiary alicyclic amines) is 1. The number of unbranched alkanes of at least 4 members (excludes halogenated alkanes) is 1. The number of aromatic amines is 1. The number of fused-ring (bicyclic) bond motifs is 1. The van der Waals surface area contributed by atoms with E-state index >= 15 is 0 Å². The van der Waals surface area contributed by atoms with Crippen molar-refractivity contribution in [3.63, 3.8) is 0 Å². The summed E-state index contributed by atoms with van der Waals surface area (Å²) in [4.78, 5) is 99.3. The highest BCUT2D eigenvalue weighted by molar-refractivity contribution is 5.97. The summed E-state index contributed by atoms with van der Waals surface area (Å²) >= 11 is 0. The molecule has 18 nitrogen and oxygen atoms in total. The maximum Gasteiger partial charge on any atom is 0.326 e. The summed E-state index contributed by atoms with van der Waals surface area (Å²) < 4.78 is 0. The Hall–Kier alpha value is -5.07. The third-order valence-corrected chi connectivity index (χ3v) is 10.9. The van der Waals surface area contributed by atoms with E-state index in [0.717, 1.165) is 16.5 Å². The maximum atomic E-state index is 14.2. The van der Waals surface area contributed by atoms with Crippen molar-refractivity contribution >= 4 is 52.3 Å². The zero-order valence-electron chi connectivity index (χ0n) is 36.7. The molecule has 3 rings (SSSR count). The largest absolute Gasteiger partial charge is 0.480 e. The Morgan fingerprint density at radius 2 is 1.33 bits per heavy atom. The minimum absolute atomic E-state index is 0.0517. The number of carbonyl (C=O) groups excluding carboxylic acids is 6. The molecule has 0 aliphatic carbocycles. The first-order chi connectivity index (χ1) is 28.7. The molecule has 6 amide bonds. The number of hydrogen-bond acceptors (Lipinski definition) is 10. The van der Waals surface area contributed by atoms with E-state index in [-0.39, 0.29) is 50.5 Å². The molecule has 1 aliphatic rings. The van der Waals surface area contributed by atoms with Gasteiger partial charge in [-0.1, -0.05) is 59.7 Å². The summed E-state index contributed by atoms with van der Waals surface area (Å²) in [6, 6.07) is -0.509. The minimum atomic E-state index is -1.29. The fraction of sp³-hybridized carbons (Fsp3) is 0.651. The van der Waals surface area contributed by atoms with Gasteiger partial charge in [0.2, 0.25) is 35.4 Å². The molecular weight excluding hydrogens is 787 g/mol. The first kappa shape index (κ1) is 50.3. The summed E-state index contributed by atoms with van der Waals surface area (Å²) in [7, 11) is 0. The Morgan fingerprint density at radius 1 is 0.770 bits per heavy atom. The number of aliphatic hydroxyl groups is 1. The summed E-state index contributed by atoms with van der Waals surface area (Å²) in [5, 5.41) is 34.3. The lowest BCUT2D eigenvalue weighted by atomic mass is 9.97. The van der Waals surface area contributed by atoms with Gasteiger partial charge in [0, 0.05) is 30.1 Å². The van der Waals surface area contributed by atoms with Gasteiger partial charge in [0.25, 0.3) is 0 Å². The predicted molar refractivity (Wildman–Crippen MR) is 230 cm³/mol. The Kier molecular flexibility index (Phi) is 19.6. The third kappa shape index (κ3) is 14.8. The number of para-hydroxylation sites is 1. The molecule has 1 aromatic heterocycles. The minimum Gasteiger partial charge on any atom is -0.480 e. The van der Waals surface area contributed by atoms with E-state index in [1.54, 1.807) is 20.0 Å². The Labute approximate surface area is 358 Å². The lowest BCUT2D eigenvalue weighted by molar-refractivity contribution is -0.149. The second kappa shape index (κ2) is 23.8. The molecule has 1 fully saturated rings. The zero-order valence-corrected chi connectivity index (χ0v) is 36.7. The van der Waals surface area contributed by atoms with Gasteiger partial charge in [0.05, 0.1) is 6.10 Å². The van der Waals surface area contributed by atoms with Crippen LogP contribution >= 0.6 is 0 Å². The SMILES string of the molecule is CC(C)C[C@H](NC(=O)[C@H](CCCCN)NC(=O)[C@@H](N)[C@@H](C)O)C(=O)N[C@@H](CC(C)C)C(=O)N[C@H](C(=O)N[C@@H](Cc1c[nH]c2ccccc12)C(=O)N1CCC[C@H]1C(=O)O)C(C)C. The number of benzene rings is 1. The third-order valence-electron chi connectivity index (χ3n) is 10.9. The fourth-order valence-corrected chi connectivity index (χ4v) is 7.46. The van der Waals surface area contributed by atoms with Crippen LogP contribution in [0.15, 0.2) is 30.5 Å². The molecule has 8 atom stereocenters. The van der Waals surface area contributed by atoms with Crippen LogP contribution in [0.2, 0.25) is 0 Å².